The maximum atomic E-state index is 13.7. The molecule has 2 aromatic heterocycles. The van der Waals surface area contributed by atoms with Crippen LogP contribution >= 0.6 is 23.1 Å². The zero-order valence-electron chi connectivity index (χ0n) is 14.7. The van der Waals surface area contributed by atoms with E-state index < -0.39 is 24.9 Å². The van der Waals surface area contributed by atoms with Gasteiger partial charge in [0.1, 0.15) is 16.2 Å². The van der Waals surface area contributed by atoms with Crippen molar-refractivity contribution in [2.45, 2.75) is 37.6 Å². The smallest absolute Gasteiger partial charge is 0.256 e. The molecule has 3 rings (SSSR count). The van der Waals surface area contributed by atoms with E-state index in [-0.39, 0.29) is 25.4 Å². The fourth-order valence-corrected chi connectivity index (χ4v) is 5.10. The van der Waals surface area contributed by atoms with E-state index >= 15 is 0 Å². The number of aromatic nitrogens is 2. The number of hydrogen-bond acceptors (Lipinski definition) is 6. The van der Waals surface area contributed by atoms with Gasteiger partial charge in [0.15, 0.2) is 0 Å². The molecule has 1 aliphatic rings. The molecule has 0 unspecified atom stereocenters. The first-order valence-corrected chi connectivity index (χ1v) is 10.2. The molecular weight excluding hydrogens is 380 g/mol. The highest BCUT2D eigenvalue weighted by Crippen LogP contribution is 2.35. The van der Waals surface area contributed by atoms with Crippen LogP contribution in [0.1, 0.15) is 23.3 Å². The van der Waals surface area contributed by atoms with Crippen LogP contribution in [0.15, 0.2) is 11.4 Å². The summed E-state index contributed by atoms with van der Waals surface area (Å²) in [6.45, 7) is 3.42. The minimum absolute atomic E-state index is 0.0353. The average Bonchev–Trinajstić information content (AvgIpc) is 2.89. The normalized spacial score (nSPS) is 19.9. The van der Waals surface area contributed by atoms with E-state index in [1.165, 1.54) is 27.9 Å². The molecule has 26 heavy (non-hydrogen) atoms. The summed E-state index contributed by atoms with van der Waals surface area (Å²) >= 11 is 3.11. The molecule has 1 N–H and O–H groups in total. The lowest BCUT2D eigenvalue weighted by Crippen LogP contribution is -2.50. The lowest BCUT2D eigenvalue weighted by Gasteiger charge is -2.37. The van der Waals surface area contributed by atoms with Crippen LogP contribution in [0, 0.1) is 19.8 Å². The molecule has 5 nitrogen and oxygen atoms in total. The average molecular weight is 402 g/mol. The molecule has 3 heterocycles. The number of halogens is 2. The molecule has 0 bridgehead atoms. The third-order valence-corrected chi connectivity index (χ3v) is 6.92. The molecule has 0 saturated carbocycles. The van der Waals surface area contributed by atoms with Gasteiger partial charge in [0.25, 0.3) is 5.92 Å². The molecule has 0 aliphatic carbocycles. The van der Waals surface area contributed by atoms with Gasteiger partial charge in [-0.05, 0) is 19.4 Å². The maximum Gasteiger partial charge on any atom is 0.256 e. The molecule has 1 amide bonds. The Morgan fingerprint density at radius 1 is 1.46 bits per heavy atom. The second-order valence-corrected chi connectivity index (χ2v) is 8.76. The van der Waals surface area contributed by atoms with E-state index in [9.17, 15) is 13.6 Å². The van der Waals surface area contributed by atoms with Gasteiger partial charge in [0, 0.05) is 41.9 Å². The molecule has 0 radical (unpaired) electrons. The van der Waals surface area contributed by atoms with Gasteiger partial charge in [-0.15, -0.1) is 23.1 Å². The molecule has 1 atom stereocenters. The van der Waals surface area contributed by atoms with Gasteiger partial charge in [-0.25, -0.2) is 18.7 Å². The van der Waals surface area contributed by atoms with E-state index in [0.717, 1.165) is 20.8 Å². The van der Waals surface area contributed by atoms with Crippen LogP contribution in [-0.4, -0.2) is 57.3 Å². The van der Waals surface area contributed by atoms with Crippen LogP contribution in [-0.2, 0) is 4.79 Å². The maximum absolute atomic E-state index is 13.7. The summed E-state index contributed by atoms with van der Waals surface area (Å²) in [5.41, 5.74) is 1.16. The van der Waals surface area contributed by atoms with Gasteiger partial charge in [-0.3, -0.25) is 4.79 Å². The van der Waals surface area contributed by atoms with E-state index in [4.69, 9.17) is 5.11 Å². The number of hydrogen-bond donors (Lipinski definition) is 1. The monoisotopic (exact) mass is 401 g/mol. The van der Waals surface area contributed by atoms with Crippen LogP contribution in [0.3, 0.4) is 0 Å². The van der Waals surface area contributed by atoms with Crippen molar-refractivity contribution in [3.63, 3.8) is 0 Å². The summed E-state index contributed by atoms with van der Waals surface area (Å²) < 4.78 is 27.3. The van der Waals surface area contributed by atoms with Crippen molar-refractivity contribution < 1.29 is 18.7 Å². The largest absolute Gasteiger partial charge is 0.396 e. The first-order chi connectivity index (χ1) is 12.3. The fourth-order valence-electron chi connectivity index (χ4n) is 3.05. The molecular formula is C17H21F2N3O2S2. The third-order valence-electron chi connectivity index (χ3n) is 4.81. The highest BCUT2D eigenvalue weighted by atomic mass is 32.2. The lowest BCUT2D eigenvalue weighted by atomic mass is 9.94. The Kier molecular flexibility index (Phi) is 5.78. The van der Waals surface area contributed by atoms with E-state index in [1.54, 1.807) is 11.3 Å². The Hall–Kier alpha value is -1.32. The quantitative estimate of drug-likeness (QED) is 0.615. The number of aryl methyl sites for hydroxylation is 2. The van der Waals surface area contributed by atoms with Crippen molar-refractivity contribution in [3.05, 3.63) is 16.8 Å². The summed E-state index contributed by atoms with van der Waals surface area (Å²) in [6.07, 6.45) is 1.39. The van der Waals surface area contributed by atoms with Gasteiger partial charge in [0.2, 0.25) is 5.91 Å². The third kappa shape index (κ3) is 3.84. The van der Waals surface area contributed by atoms with E-state index in [1.807, 2.05) is 13.8 Å². The SMILES string of the molecule is Cc1sc2ncnc(SCCC(=O)N3CCC(F)(F)[C@@H](CO)C3)c2c1C. The van der Waals surface area contributed by atoms with Gasteiger partial charge < -0.3 is 10.0 Å². The van der Waals surface area contributed by atoms with Crippen LogP contribution < -0.4 is 0 Å². The van der Waals surface area contributed by atoms with Crippen LogP contribution in [0.2, 0.25) is 0 Å². The van der Waals surface area contributed by atoms with Crippen molar-refractivity contribution >= 4 is 39.2 Å². The molecule has 1 aliphatic heterocycles. The number of carbonyl (C=O) groups is 1. The van der Waals surface area contributed by atoms with Gasteiger partial charge in [0.05, 0.1) is 12.5 Å². The summed E-state index contributed by atoms with van der Waals surface area (Å²) in [5, 5.41) is 11.0. The number of carbonyl (C=O) groups excluding carboxylic acids is 1. The number of aliphatic hydroxyl groups is 1. The predicted octanol–water partition coefficient (Wildman–Crippen LogP) is 3.27. The number of nitrogens with zero attached hydrogens (tertiary/aromatic N) is 3. The molecule has 0 aromatic carbocycles. The first kappa shape index (κ1) is 19.4. The Bertz CT molecular complexity index is 813. The summed E-state index contributed by atoms with van der Waals surface area (Å²) in [6, 6.07) is 0. The number of thioether (sulfide) groups is 1. The summed E-state index contributed by atoms with van der Waals surface area (Å²) in [5.74, 6) is -3.71. The highest BCUT2D eigenvalue weighted by molar-refractivity contribution is 7.99. The number of fused-ring (bicyclic) bond motifs is 1. The number of amides is 1. The Balaban J connectivity index is 1.60. The lowest BCUT2D eigenvalue weighted by molar-refractivity contribution is -0.148. The van der Waals surface area contributed by atoms with Crippen LogP contribution in [0.4, 0.5) is 8.78 Å². The minimum Gasteiger partial charge on any atom is -0.396 e. The van der Waals surface area contributed by atoms with Crippen molar-refractivity contribution in [2.24, 2.45) is 5.92 Å². The number of likely N-dealkylation sites (tertiary alicyclic amines) is 1. The fraction of sp³-hybridized carbons (Fsp3) is 0.588. The zero-order chi connectivity index (χ0) is 18.9. The Morgan fingerprint density at radius 2 is 2.23 bits per heavy atom. The molecule has 0 spiro atoms. The molecule has 1 saturated heterocycles. The number of rotatable bonds is 5. The minimum atomic E-state index is -2.90. The van der Waals surface area contributed by atoms with Gasteiger partial charge >= 0.3 is 0 Å². The summed E-state index contributed by atoms with van der Waals surface area (Å²) in [4.78, 5) is 24.6. The van der Waals surface area contributed by atoms with Crippen molar-refractivity contribution in [3.8, 4) is 0 Å². The van der Waals surface area contributed by atoms with Crippen LogP contribution in [0.25, 0.3) is 10.2 Å². The van der Waals surface area contributed by atoms with Crippen molar-refractivity contribution in [1.82, 2.24) is 14.9 Å². The zero-order valence-corrected chi connectivity index (χ0v) is 16.3. The highest BCUT2D eigenvalue weighted by Gasteiger charge is 2.44. The number of aliphatic hydroxyl groups excluding tert-OH is 1. The summed E-state index contributed by atoms with van der Waals surface area (Å²) in [7, 11) is 0. The molecule has 1 fully saturated rings. The van der Waals surface area contributed by atoms with Gasteiger partial charge in [-0.1, -0.05) is 0 Å². The number of alkyl halides is 2. The van der Waals surface area contributed by atoms with Crippen molar-refractivity contribution in [2.75, 3.05) is 25.4 Å². The van der Waals surface area contributed by atoms with Crippen LogP contribution in [0.5, 0.6) is 0 Å². The second-order valence-electron chi connectivity index (χ2n) is 6.47. The predicted molar refractivity (Wildman–Crippen MR) is 98.9 cm³/mol. The van der Waals surface area contributed by atoms with Crippen molar-refractivity contribution in [1.29, 1.82) is 0 Å². The molecule has 142 valence electrons. The number of thiophene rings is 1. The topological polar surface area (TPSA) is 66.3 Å². The second kappa shape index (κ2) is 7.74. The first-order valence-electron chi connectivity index (χ1n) is 8.43. The number of piperidine rings is 1. The molecule has 9 heteroatoms. The van der Waals surface area contributed by atoms with E-state index in [2.05, 4.69) is 9.97 Å². The Labute approximate surface area is 158 Å². The van der Waals surface area contributed by atoms with Gasteiger partial charge in [-0.2, -0.15) is 0 Å². The molecule has 2 aromatic rings. The van der Waals surface area contributed by atoms with E-state index in [0.29, 0.717) is 5.75 Å². The Morgan fingerprint density at radius 3 is 2.96 bits per heavy atom. The standard InChI is InChI=1S/C17H21F2N3O2S2/c1-10-11(2)26-16-14(10)15(20-9-21-16)25-6-3-13(24)22-5-4-17(18,19)12(7-22)8-23/h9,12,23H,3-8H2,1-2H3/t12-/m1/s1.